The number of nitrogens with one attached hydrogen (secondary N) is 3. The Morgan fingerprint density at radius 3 is 2.71 bits per heavy atom. The maximum absolute atomic E-state index is 13.7. The normalized spacial score (nSPS) is 11.5. The lowest BCUT2D eigenvalue weighted by Gasteiger charge is -2.11. The SMILES string of the molecule is CNC(=O)CN=C/C(=C\N)Nc1ncc(Cl)c(NCc2c(F)cccc2F)n1. The van der Waals surface area contributed by atoms with Crippen molar-refractivity contribution >= 4 is 35.5 Å². The van der Waals surface area contributed by atoms with E-state index in [1.165, 1.54) is 31.7 Å². The number of anilines is 2. The molecule has 2 aromatic rings. The highest BCUT2D eigenvalue weighted by Gasteiger charge is 2.11. The summed E-state index contributed by atoms with van der Waals surface area (Å²) in [6, 6.07) is 3.59. The van der Waals surface area contributed by atoms with E-state index in [1.54, 1.807) is 0 Å². The van der Waals surface area contributed by atoms with Crippen LogP contribution in [0.3, 0.4) is 0 Å². The van der Waals surface area contributed by atoms with Gasteiger partial charge in [0.1, 0.15) is 23.2 Å². The van der Waals surface area contributed by atoms with E-state index >= 15 is 0 Å². The maximum Gasteiger partial charge on any atom is 0.241 e. The summed E-state index contributed by atoms with van der Waals surface area (Å²) in [7, 11) is 1.50. The minimum absolute atomic E-state index is 0.0714. The van der Waals surface area contributed by atoms with Crippen molar-refractivity contribution in [3.8, 4) is 0 Å². The van der Waals surface area contributed by atoms with E-state index in [1.807, 2.05) is 0 Å². The molecule has 1 aromatic heterocycles. The van der Waals surface area contributed by atoms with Gasteiger partial charge in [-0.3, -0.25) is 9.79 Å². The number of aromatic nitrogens is 2. The van der Waals surface area contributed by atoms with E-state index in [2.05, 4.69) is 30.9 Å². The molecule has 2 rings (SSSR count). The van der Waals surface area contributed by atoms with E-state index in [4.69, 9.17) is 17.3 Å². The van der Waals surface area contributed by atoms with E-state index in [9.17, 15) is 13.6 Å². The third-order valence-corrected chi connectivity index (χ3v) is 3.69. The van der Waals surface area contributed by atoms with Crippen LogP contribution in [0.1, 0.15) is 5.56 Å². The lowest BCUT2D eigenvalue weighted by atomic mass is 10.2. The topological polar surface area (TPSA) is 117 Å². The first-order valence-corrected chi connectivity index (χ1v) is 8.41. The minimum atomic E-state index is -0.684. The van der Waals surface area contributed by atoms with Crippen LogP contribution in [0.2, 0.25) is 5.02 Å². The van der Waals surface area contributed by atoms with Crippen LogP contribution < -0.4 is 21.7 Å². The van der Waals surface area contributed by atoms with Gasteiger partial charge in [-0.2, -0.15) is 4.98 Å². The number of likely N-dealkylation sites (N-methyl/N-ethyl adjacent to an activating group) is 1. The molecule has 0 spiro atoms. The fraction of sp³-hybridized carbons (Fsp3) is 0.176. The van der Waals surface area contributed by atoms with Crippen LogP contribution in [0, 0.1) is 11.6 Å². The molecule has 0 bridgehead atoms. The Morgan fingerprint density at radius 1 is 1.36 bits per heavy atom. The van der Waals surface area contributed by atoms with Gasteiger partial charge in [-0.05, 0) is 12.1 Å². The molecule has 5 N–H and O–H groups in total. The number of aliphatic imine (C=N–C) groups is 1. The number of hydrogen-bond donors (Lipinski definition) is 4. The summed E-state index contributed by atoms with van der Waals surface area (Å²) in [6.45, 7) is -0.236. The van der Waals surface area contributed by atoms with Crippen LogP contribution >= 0.6 is 11.6 Å². The zero-order valence-electron chi connectivity index (χ0n) is 14.8. The Morgan fingerprint density at radius 2 is 2.07 bits per heavy atom. The molecule has 0 aliphatic carbocycles. The zero-order valence-corrected chi connectivity index (χ0v) is 15.6. The van der Waals surface area contributed by atoms with Crippen LogP contribution in [-0.2, 0) is 11.3 Å². The lowest BCUT2D eigenvalue weighted by Crippen LogP contribution is -2.20. The van der Waals surface area contributed by atoms with E-state index in [0.29, 0.717) is 5.70 Å². The van der Waals surface area contributed by atoms with Crippen LogP contribution in [0.5, 0.6) is 0 Å². The number of nitrogens with two attached hydrogens (primary N) is 1. The number of rotatable bonds is 8. The van der Waals surface area contributed by atoms with E-state index < -0.39 is 11.6 Å². The van der Waals surface area contributed by atoms with Gasteiger partial charge in [0.2, 0.25) is 11.9 Å². The Kier molecular flexibility index (Phi) is 7.64. The van der Waals surface area contributed by atoms with Crippen LogP contribution in [0.15, 0.2) is 41.3 Å². The molecule has 11 heteroatoms. The fourth-order valence-electron chi connectivity index (χ4n) is 1.98. The molecule has 0 atom stereocenters. The summed E-state index contributed by atoms with van der Waals surface area (Å²) in [6.07, 6.45) is 3.87. The van der Waals surface area contributed by atoms with Crippen LogP contribution in [0.25, 0.3) is 0 Å². The van der Waals surface area contributed by atoms with Gasteiger partial charge >= 0.3 is 0 Å². The number of benzene rings is 1. The average Bonchev–Trinajstić information content (AvgIpc) is 2.68. The molecule has 0 saturated heterocycles. The summed E-state index contributed by atoms with van der Waals surface area (Å²) in [5.41, 5.74) is 5.70. The highest BCUT2D eigenvalue weighted by molar-refractivity contribution is 6.32. The Hall–Kier alpha value is -3.27. The number of halogens is 3. The fourth-order valence-corrected chi connectivity index (χ4v) is 2.13. The highest BCUT2D eigenvalue weighted by atomic mass is 35.5. The monoisotopic (exact) mass is 409 g/mol. The van der Waals surface area contributed by atoms with Crippen LogP contribution in [-0.4, -0.2) is 35.7 Å². The number of nitrogens with zero attached hydrogens (tertiary/aromatic N) is 3. The summed E-state index contributed by atoms with van der Waals surface area (Å²) in [5, 5.41) is 8.15. The summed E-state index contributed by atoms with van der Waals surface area (Å²) < 4.78 is 27.5. The molecule has 28 heavy (non-hydrogen) atoms. The molecule has 8 nitrogen and oxygen atoms in total. The quantitative estimate of drug-likeness (QED) is 0.496. The van der Waals surface area contributed by atoms with Crippen molar-refractivity contribution in [2.75, 3.05) is 24.2 Å². The average molecular weight is 410 g/mol. The van der Waals surface area contributed by atoms with Gasteiger partial charge in [-0.15, -0.1) is 0 Å². The molecule has 0 fully saturated rings. The molecular formula is C17H18ClF2N7O. The third-order valence-electron chi connectivity index (χ3n) is 3.42. The molecule has 0 radical (unpaired) electrons. The minimum Gasteiger partial charge on any atom is -0.403 e. The van der Waals surface area contributed by atoms with Crippen LogP contribution in [0.4, 0.5) is 20.5 Å². The van der Waals surface area contributed by atoms with Crippen molar-refractivity contribution in [3.05, 3.63) is 58.5 Å². The third kappa shape index (κ3) is 5.88. The van der Waals surface area contributed by atoms with Crippen molar-refractivity contribution in [2.45, 2.75) is 6.54 Å². The molecule has 1 aromatic carbocycles. The molecule has 0 aliphatic heterocycles. The van der Waals surface area contributed by atoms with Crippen molar-refractivity contribution in [1.82, 2.24) is 15.3 Å². The highest BCUT2D eigenvalue weighted by Crippen LogP contribution is 2.21. The van der Waals surface area contributed by atoms with Gasteiger partial charge in [0.15, 0.2) is 5.82 Å². The molecular weight excluding hydrogens is 392 g/mol. The van der Waals surface area contributed by atoms with Gasteiger partial charge in [-0.1, -0.05) is 17.7 Å². The van der Waals surface area contributed by atoms with Gasteiger partial charge in [0, 0.05) is 31.6 Å². The first-order valence-electron chi connectivity index (χ1n) is 8.03. The second kappa shape index (κ2) is 10.2. The first kappa shape index (κ1) is 21.0. The van der Waals surface area contributed by atoms with Crippen molar-refractivity contribution in [2.24, 2.45) is 10.7 Å². The first-order chi connectivity index (χ1) is 13.4. The Bertz CT molecular complexity index is 885. The Balaban J connectivity index is 2.08. The number of amides is 1. The van der Waals surface area contributed by atoms with Crippen molar-refractivity contribution in [3.63, 3.8) is 0 Å². The molecule has 0 aliphatic rings. The molecule has 148 valence electrons. The summed E-state index contributed by atoms with van der Waals surface area (Å²) in [4.78, 5) is 23.2. The van der Waals surface area contributed by atoms with Gasteiger partial charge in [0.25, 0.3) is 0 Å². The number of hydrogen-bond acceptors (Lipinski definition) is 7. The molecule has 0 unspecified atom stereocenters. The van der Waals surface area contributed by atoms with Gasteiger partial charge in [-0.25, -0.2) is 13.8 Å². The molecule has 0 saturated carbocycles. The second-order valence-electron chi connectivity index (χ2n) is 5.33. The van der Waals surface area contributed by atoms with Gasteiger partial charge in [0.05, 0.1) is 11.9 Å². The Labute approximate surface area is 164 Å². The standard InChI is InChI=1S/C17H18ClF2N7O/c1-22-15(28)9-23-6-10(5-21)26-17-25-8-12(18)16(27-17)24-7-11-13(19)3-2-4-14(11)20/h2-6,8H,7,9,21H2,1H3,(H,22,28)(H2,24,25,26,27)/b10-5+,23-6?. The predicted molar refractivity (Wildman–Crippen MR) is 104 cm³/mol. The number of carbonyl (C=O) groups excluding carboxylic acids is 1. The lowest BCUT2D eigenvalue weighted by molar-refractivity contribution is -0.119. The zero-order chi connectivity index (χ0) is 20.5. The van der Waals surface area contributed by atoms with E-state index in [0.717, 1.165) is 12.1 Å². The van der Waals surface area contributed by atoms with Gasteiger partial charge < -0.3 is 21.7 Å². The summed E-state index contributed by atoms with van der Waals surface area (Å²) >= 11 is 6.03. The second-order valence-corrected chi connectivity index (χ2v) is 5.74. The van der Waals surface area contributed by atoms with Crippen molar-refractivity contribution in [1.29, 1.82) is 0 Å². The predicted octanol–water partition coefficient (Wildman–Crippen LogP) is 2.05. The largest absolute Gasteiger partial charge is 0.403 e. The number of carbonyl (C=O) groups is 1. The molecule has 1 amide bonds. The van der Waals surface area contributed by atoms with E-state index in [-0.39, 0.29) is 41.3 Å². The smallest absolute Gasteiger partial charge is 0.241 e. The van der Waals surface area contributed by atoms with Crippen molar-refractivity contribution < 1.29 is 13.6 Å². The maximum atomic E-state index is 13.7. The number of allylic oxidation sites excluding steroid dienone is 1. The summed E-state index contributed by atoms with van der Waals surface area (Å²) in [5.74, 6) is -1.35. The molecule has 1 heterocycles.